The average molecular weight is 268 g/mol. The molecule has 1 aliphatic rings. The van der Waals surface area contributed by atoms with Crippen LogP contribution in [0.25, 0.3) is 0 Å². The van der Waals surface area contributed by atoms with E-state index < -0.39 is 0 Å². The molecule has 0 aromatic carbocycles. The summed E-state index contributed by atoms with van der Waals surface area (Å²) in [4.78, 5) is 16.5. The highest BCUT2D eigenvalue weighted by molar-refractivity contribution is 5.78. The number of likely N-dealkylation sites (N-methyl/N-ethyl adjacent to an activating group) is 1. The Bertz CT molecular complexity index is 259. The first-order valence-corrected chi connectivity index (χ1v) is 7.98. The third-order valence-electron chi connectivity index (χ3n) is 4.27. The fourth-order valence-electron chi connectivity index (χ4n) is 2.68. The number of piperidine rings is 1. The number of amides is 1. The highest BCUT2D eigenvalue weighted by atomic mass is 16.2. The van der Waals surface area contributed by atoms with Gasteiger partial charge in [-0.05, 0) is 45.2 Å². The van der Waals surface area contributed by atoms with Crippen LogP contribution in [0.5, 0.6) is 0 Å². The van der Waals surface area contributed by atoms with Crippen molar-refractivity contribution in [3.8, 4) is 0 Å². The van der Waals surface area contributed by atoms with Crippen molar-refractivity contribution in [1.82, 2.24) is 9.80 Å². The molecular formula is C16H32N2O. The van der Waals surface area contributed by atoms with E-state index in [1.165, 1.54) is 32.1 Å². The number of nitrogens with zero attached hydrogens (tertiary/aromatic N) is 2. The van der Waals surface area contributed by atoms with Crippen molar-refractivity contribution in [2.45, 2.75) is 65.3 Å². The van der Waals surface area contributed by atoms with E-state index in [0.717, 1.165) is 25.4 Å². The predicted molar refractivity (Wildman–Crippen MR) is 81.2 cm³/mol. The molecule has 3 nitrogen and oxygen atoms in total. The van der Waals surface area contributed by atoms with Crippen molar-refractivity contribution >= 4 is 5.91 Å². The second-order valence-corrected chi connectivity index (χ2v) is 6.52. The van der Waals surface area contributed by atoms with E-state index >= 15 is 0 Å². The summed E-state index contributed by atoms with van der Waals surface area (Å²) in [5, 5.41) is 0. The van der Waals surface area contributed by atoms with Gasteiger partial charge in [0.05, 0.1) is 6.54 Å². The Morgan fingerprint density at radius 3 is 2.32 bits per heavy atom. The van der Waals surface area contributed by atoms with Crippen LogP contribution in [0.4, 0.5) is 0 Å². The topological polar surface area (TPSA) is 23.6 Å². The molecule has 0 N–H and O–H groups in total. The fourth-order valence-corrected chi connectivity index (χ4v) is 2.68. The zero-order chi connectivity index (χ0) is 14.3. The highest BCUT2D eigenvalue weighted by Crippen LogP contribution is 2.13. The van der Waals surface area contributed by atoms with Gasteiger partial charge in [0, 0.05) is 13.1 Å². The van der Waals surface area contributed by atoms with Gasteiger partial charge in [-0.25, -0.2) is 0 Å². The molecule has 0 aromatic heterocycles. The standard InChI is InChI=1S/C16H32N2O/c1-14(2)9-8-10-15(3)17(4)16(19)13-18-11-6-5-7-12-18/h14-15H,5-13H2,1-4H3. The number of carbonyl (C=O) groups is 1. The summed E-state index contributed by atoms with van der Waals surface area (Å²) >= 11 is 0. The molecular weight excluding hydrogens is 236 g/mol. The number of carbonyl (C=O) groups excluding carboxylic acids is 1. The number of hydrogen-bond donors (Lipinski definition) is 0. The van der Waals surface area contributed by atoms with Gasteiger partial charge in [-0.15, -0.1) is 0 Å². The second-order valence-electron chi connectivity index (χ2n) is 6.52. The zero-order valence-corrected chi connectivity index (χ0v) is 13.3. The number of likely N-dealkylation sites (tertiary alicyclic amines) is 1. The SMILES string of the molecule is CC(C)CCCC(C)N(C)C(=O)CN1CCCCC1. The minimum absolute atomic E-state index is 0.291. The summed E-state index contributed by atoms with van der Waals surface area (Å²) in [6, 6.07) is 0.371. The van der Waals surface area contributed by atoms with Gasteiger partial charge in [0.1, 0.15) is 0 Å². The van der Waals surface area contributed by atoms with Gasteiger partial charge in [-0.1, -0.05) is 33.1 Å². The van der Waals surface area contributed by atoms with E-state index in [1.807, 2.05) is 11.9 Å². The van der Waals surface area contributed by atoms with Crippen molar-refractivity contribution < 1.29 is 4.79 Å². The lowest BCUT2D eigenvalue weighted by Gasteiger charge is -2.30. The number of hydrogen-bond acceptors (Lipinski definition) is 2. The van der Waals surface area contributed by atoms with E-state index in [0.29, 0.717) is 18.5 Å². The molecule has 0 bridgehead atoms. The molecule has 1 heterocycles. The van der Waals surface area contributed by atoms with Crippen LogP contribution in [0.3, 0.4) is 0 Å². The van der Waals surface area contributed by atoms with Crippen LogP contribution in [0, 0.1) is 5.92 Å². The van der Waals surface area contributed by atoms with E-state index in [4.69, 9.17) is 0 Å². The van der Waals surface area contributed by atoms with Crippen LogP contribution in [0.2, 0.25) is 0 Å². The van der Waals surface area contributed by atoms with E-state index in [2.05, 4.69) is 25.7 Å². The fraction of sp³-hybridized carbons (Fsp3) is 0.938. The maximum absolute atomic E-state index is 12.2. The smallest absolute Gasteiger partial charge is 0.236 e. The van der Waals surface area contributed by atoms with Gasteiger partial charge in [0.15, 0.2) is 0 Å². The maximum Gasteiger partial charge on any atom is 0.236 e. The maximum atomic E-state index is 12.2. The van der Waals surface area contributed by atoms with Crippen molar-refractivity contribution in [1.29, 1.82) is 0 Å². The summed E-state index contributed by atoms with van der Waals surface area (Å²) in [6.45, 7) is 9.51. The lowest BCUT2D eigenvalue weighted by Crippen LogP contribution is -2.43. The first-order chi connectivity index (χ1) is 9.00. The van der Waals surface area contributed by atoms with Gasteiger partial charge in [-0.2, -0.15) is 0 Å². The summed E-state index contributed by atoms with van der Waals surface area (Å²) in [5.74, 6) is 1.06. The lowest BCUT2D eigenvalue weighted by atomic mass is 10.0. The predicted octanol–water partition coefficient (Wildman–Crippen LogP) is 3.15. The molecule has 1 rings (SSSR count). The van der Waals surface area contributed by atoms with Crippen LogP contribution < -0.4 is 0 Å². The molecule has 1 saturated heterocycles. The van der Waals surface area contributed by atoms with Crippen LogP contribution >= 0.6 is 0 Å². The Morgan fingerprint density at radius 2 is 1.74 bits per heavy atom. The molecule has 1 amide bonds. The molecule has 1 unspecified atom stereocenters. The minimum Gasteiger partial charge on any atom is -0.342 e. The largest absolute Gasteiger partial charge is 0.342 e. The van der Waals surface area contributed by atoms with Crippen LogP contribution in [-0.2, 0) is 4.79 Å². The third kappa shape index (κ3) is 6.42. The molecule has 3 heteroatoms. The Balaban J connectivity index is 2.25. The van der Waals surface area contributed by atoms with E-state index in [-0.39, 0.29) is 0 Å². The first kappa shape index (κ1) is 16.5. The normalized spacial score (nSPS) is 18.6. The van der Waals surface area contributed by atoms with Gasteiger partial charge >= 0.3 is 0 Å². The van der Waals surface area contributed by atoms with Gasteiger partial charge in [-0.3, -0.25) is 9.69 Å². The Labute approximate surface area is 119 Å². The summed E-state index contributed by atoms with van der Waals surface area (Å²) in [5.41, 5.74) is 0. The van der Waals surface area contributed by atoms with Crippen LogP contribution in [-0.4, -0.2) is 48.4 Å². The molecule has 1 atom stereocenters. The van der Waals surface area contributed by atoms with Crippen molar-refractivity contribution in [3.63, 3.8) is 0 Å². The second kappa shape index (κ2) is 8.57. The van der Waals surface area contributed by atoms with Crippen LogP contribution in [0.15, 0.2) is 0 Å². The quantitative estimate of drug-likeness (QED) is 0.708. The lowest BCUT2D eigenvalue weighted by molar-refractivity contribution is -0.133. The Morgan fingerprint density at radius 1 is 1.11 bits per heavy atom. The summed E-state index contributed by atoms with van der Waals surface area (Å²) in [7, 11) is 1.96. The van der Waals surface area contributed by atoms with Crippen molar-refractivity contribution in [2.24, 2.45) is 5.92 Å². The Kier molecular flexibility index (Phi) is 7.44. The molecule has 112 valence electrons. The first-order valence-electron chi connectivity index (χ1n) is 7.98. The minimum atomic E-state index is 0.291. The molecule has 1 fully saturated rings. The summed E-state index contributed by atoms with van der Waals surface area (Å²) in [6.07, 6.45) is 7.44. The molecule has 0 saturated carbocycles. The van der Waals surface area contributed by atoms with Gasteiger partial charge < -0.3 is 4.90 Å². The molecule has 0 spiro atoms. The average Bonchev–Trinajstić information content (AvgIpc) is 2.38. The molecule has 19 heavy (non-hydrogen) atoms. The van der Waals surface area contributed by atoms with Crippen molar-refractivity contribution in [3.05, 3.63) is 0 Å². The molecule has 0 radical (unpaired) electrons. The number of rotatable bonds is 7. The highest BCUT2D eigenvalue weighted by Gasteiger charge is 2.19. The van der Waals surface area contributed by atoms with E-state index in [1.54, 1.807) is 0 Å². The third-order valence-corrected chi connectivity index (χ3v) is 4.27. The molecule has 0 aromatic rings. The van der Waals surface area contributed by atoms with Crippen LogP contribution in [0.1, 0.15) is 59.3 Å². The van der Waals surface area contributed by atoms with E-state index in [9.17, 15) is 4.79 Å². The van der Waals surface area contributed by atoms with Gasteiger partial charge in [0.2, 0.25) is 5.91 Å². The monoisotopic (exact) mass is 268 g/mol. The Hall–Kier alpha value is -0.570. The van der Waals surface area contributed by atoms with Crippen molar-refractivity contribution in [2.75, 3.05) is 26.7 Å². The molecule has 0 aliphatic carbocycles. The molecule has 1 aliphatic heterocycles. The van der Waals surface area contributed by atoms with Gasteiger partial charge in [0.25, 0.3) is 0 Å². The summed E-state index contributed by atoms with van der Waals surface area (Å²) < 4.78 is 0. The zero-order valence-electron chi connectivity index (χ0n) is 13.3.